The van der Waals surface area contributed by atoms with Gasteiger partial charge in [-0.15, -0.1) is 0 Å². The van der Waals surface area contributed by atoms with Crippen molar-refractivity contribution in [1.82, 2.24) is 10.2 Å². The predicted octanol–water partition coefficient (Wildman–Crippen LogP) is 4.53. The molecule has 170 valence electrons. The predicted molar refractivity (Wildman–Crippen MR) is 135 cm³/mol. The summed E-state index contributed by atoms with van der Waals surface area (Å²) in [5, 5.41) is 6.54. The highest BCUT2D eigenvalue weighted by Gasteiger charge is 2.22. The van der Waals surface area contributed by atoms with Crippen LogP contribution in [0.4, 0.5) is 11.4 Å². The van der Waals surface area contributed by atoms with E-state index >= 15 is 0 Å². The second-order valence-corrected chi connectivity index (χ2v) is 8.83. The Bertz CT molecular complexity index is 1020. The first-order valence-corrected chi connectivity index (χ1v) is 11.6. The molecule has 0 atom stereocenters. The molecule has 1 saturated heterocycles. The molecule has 1 heterocycles. The van der Waals surface area contributed by atoms with E-state index in [9.17, 15) is 9.59 Å². The maximum atomic E-state index is 12.5. The minimum absolute atomic E-state index is 0.210. The topological polar surface area (TPSA) is 64.7 Å². The van der Waals surface area contributed by atoms with Crippen LogP contribution in [0.25, 0.3) is 0 Å². The molecular weight excluding hydrogens is 444 g/mol. The lowest BCUT2D eigenvalue weighted by Crippen LogP contribution is -2.48. The average Bonchev–Trinajstić information content (AvgIpc) is 2.74. The number of hydrogen-bond donors (Lipinski definition) is 2. The quantitative estimate of drug-likeness (QED) is 0.626. The lowest BCUT2D eigenvalue weighted by atomic mass is 10.1. The first kappa shape index (κ1) is 24.0. The monoisotopic (exact) mass is 472 g/mol. The van der Waals surface area contributed by atoms with Crippen LogP contribution in [-0.2, 0) is 4.79 Å². The first-order valence-electron chi connectivity index (χ1n) is 10.8. The van der Waals surface area contributed by atoms with Crippen molar-refractivity contribution in [3.8, 4) is 0 Å². The van der Waals surface area contributed by atoms with Gasteiger partial charge in [0.2, 0.25) is 5.91 Å². The Hall–Kier alpha value is -2.64. The van der Waals surface area contributed by atoms with Gasteiger partial charge in [0.15, 0.2) is 5.11 Å². The van der Waals surface area contributed by atoms with Crippen molar-refractivity contribution >= 4 is 52.1 Å². The molecule has 2 N–H and O–H groups in total. The van der Waals surface area contributed by atoms with Crippen LogP contribution in [0.1, 0.15) is 41.3 Å². The Balaban J connectivity index is 1.57. The highest BCUT2D eigenvalue weighted by atomic mass is 35.5. The van der Waals surface area contributed by atoms with Crippen LogP contribution in [0.3, 0.4) is 0 Å². The van der Waals surface area contributed by atoms with E-state index < -0.39 is 0 Å². The maximum absolute atomic E-state index is 12.5. The summed E-state index contributed by atoms with van der Waals surface area (Å²) < 4.78 is 0. The van der Waals surface area contributed by atoms with Crippen molar-refractivity contribution < 1.29 is 9.59 Å². The first-order chi connectivity index (χ1) is 15.3. The number of nitrogens with zero attached hydrogens (tertiary/aromatic N) is 2. The molecule has 0 aliphatic carbocycles. The number of benzene rings is 2. The van der Waals surface area contributed by atoms with Gasteiger partial charge in [-0.3, -0.25) is 14.9 Å². The summed E-state index contributed by atoms with van der Waals surface area (Å²) in [7, 11) is 0. The van der Waals surface area contributed by atoms with E-state index in [4.69, 9.17) is 23.8 Å². The molecule has 2 aromatic rings. The van der Waals surface area contributed by atoms with Gasteiger partial charge >= 0.3 is 0 Å². The Morgan fingerprint density at radius 1 is 1.06 bits per heavy atom. The normalized spacial score (nSPS) is 13.6. The molecule has 2 aromatic carbocycles. The van der Waals surface area contributed by atoms with Crippen molar-refractivity contribution in [2.75, 3.05) is 36.4 Å². The molecule has 1 aliphatic heterocycles. The van der Waals surface area contributed by atoms with Crippen LogP contribution in [0.2, 0.25) is 5.02 Å². The van der Waals surface area contributed by atoms with Crippen molar-refractivity contribution in [3.05, 3.63) is 58.1 Å². The van der Waals surface area contributed by atoms with Crippen molar-refractivity contribution in [3.63, 3.8) is 0 Å². The number of halogens is 1. The molecule has 0 unspecified atom stereocenters. The van der Waals surface area contributed by atoms with Crippen LogP contribution >= 0.6 is 23.8 Å². The van der Waals surface area contributed by atoms with Crippen molar-refractivity contribution in [2.24, 2.45) is 0 Å². The fourth-order valence-corrected chi connectivity index (χ4v) is 4.32. The van der Waals surface area contributed by atoms with Gasteiger partial charge in [0, 0.05) is 43.9 Å². The molecule has 8 heteroatoms. The summed E-state index contributed by atoms with van der Waals surface area (Å²) in [6.07, 6.45) is 1.47. The van der Waals surface area contributed by atoms with E-state index in [2.05, 4.69) is 15.5 Å². The lowest BCUT2D eigenvalue weighted by Gasteiger charge is -2.36. The highest BCUT2D eigenvalue weighted by molar-refractivity contribution is 7.80. The number of anilines is 2. The minimum Gasteiger partial charge on any atom is -0.367 e. The van der Waals surface area contributed by atoms with E-state index in [1.807, 2.05) is 49.9 Å². The third kappa shape index (κ3) is 5.99. The third-order valence-electron chi connectivity index (χ3n) is 5.50. The van der Waals surface area contributed by atoms with Gasteiger partial charge in [-0.1, -0.05) is 36.2 Å². The van der Waals surface area contributed by atoms with Gasteiger partial charge in [0.25, 0.3) is 5.91 Å². The zero-order valence-corrected chi connectivity index (χ0v) is 20.3. The zero-order chi connectivity index (χ0) is 23.3. The van der Waals surface area contributed by atoms with E-state index in [1.165, 1.54) is 0 Å². The van der Waals surface area contributed by atoms with Crippen LogP contribution < -0.4 is 15.5 Å². The number of rotatable bonds is 5. The number of aryl methyl sites for hydroxylation is 2. The van der Waals surface area contributed by atoms with Crippen LogP contribution in [0, 0.1) is 13.8 Å². The standard InChI is InChI=1S/C24H29ClN4O2S/c1-4-5-22(30)29-12-10-28(11-13-29)21-9-7-18(15-20(21)25)26-24(32)27-23(31)19-8-6-16(2)14-17(19)3/h6-9,14-15H,4-5,10-13H2,1-3H3,(H2,26,27,31,32). The van der Waals surface area contributed by atoms with E-state index in [-0.39, 0.29) is 16.9 Å². The zero-order valence-electron chi connectivity index (χ0n) is 18.7. The number of hydrogen-bond acceptors (Lipinski definition) is 4. The van der Waals surface area contributed by atoms with E-state index in [0.29, 0.717) is 35.8 Å². The molecule has 0 spiro atoms. The summed E-state index contributed by atoms with van der Waals surface area (Å²) in [5.74, 6) is -0.0348. The number of carbonyl (C=O) groups is 2. The molecule has 32 heavy (non-hydrogen) atoms. The van der Waals surface area contributed by atoms with Gasteiger partial charge in [0.1, 0.15) is 0 Å². The number of amides is 2. The number of carbonyl (C=O) groups excluding carboxylic acids is 2. The highest BCUT2D eigenvalue weighted by Crippen LogP contribution is 2.29. The second-order valence-electron chi connectivity index (χ2n) is 8.01. The summed E-state index contributed by atoms with van der Waals surface area (Å²) in [5.41, 5.74) is 4.20. The van der Waals surface area contributed by atoms with Crippen LogP contribution in [0.15, 0.2) is 36.4 Å². The molecular formula is C24H29ClN4O2S. The largest absolute Gasteiger partial charge is 0.367 e. The summed E-state index contributed by atoms with van der Waals surface area (Å²) in [4.78, 5) is 28.7. The van der Waals surface area contributed by atoms with Gasteiger partial charge < -0.3 is 15.1 Å². The molecule has 0 saturated carbocycles. The molecule has 0 aromatic heterocycles. The van der Waals surface area contributed by atoms with E-state index in [0.717, 1.165) is 36.3 Å². The summed E-state index contributed by atoms with van der Waals surface area (Å²) >= 11 is 11.8. The second kappa shape index (κ2) is 10.8. The maximum Gasteiger partial charge on any atom is 0.257 e. The molecule has 1 aliphatic rings. The van der Waals surface area contributed by atoms with Gasteiger partial charge in [-0.25, -0.2) is 0 Å². The Kier molecular flexibility index (Phi) is 8.10. The number of piperazine rings is 1. The lowest BCUT2D eigenvalue weighted by molar-refractivity contribution is -0.131. The van der Waals surface area contributed by atoms with Gasteiger partial charge in [0.05, 0.1) is 10.7 Å². The van der Waals surface area contributed by atoms with Crippen molar-refractivity contribution in [2.45, 2.75) is 33.6 Å². The minimum atomic E-state index is -0.252. The fourth-order valence-electron chi connectivity index (χ4n) is 3.81. The van der Waals surface area contributed by atoms with Crippen LogP contribution in [-0.4, -0.2) is 48.0 Å². The number of thiocarbonyl (C=S) groups is 1. The molecule has 1 fully saturated rings. The molecule has 6 nitrogen and oxygen atoms in total. The molecule has 0 bridgehead atoms. The Labute approximate surface area is 199 Å². The average molecular weight is 473 g/mol. The SMILES string of the molecule is CCCC(=O)N1CCN(c2ccc(NC(=S)NC(=O)c3ccc(C)cc3C)cc2Cl)CC1. The fraction of sp³-hybridized carbons (Fsp3) is 0.375. The van der Waals surface area contributed by atoms with Gasteiger partial charge in [-0.05, 0) is 62.3 Å². The smallest absolute Gasteiger partial charge is 0.257 e. The number of nitrogens with one attached hydrogen (secondary N) is 2. The van der Waals surface area contributed by atoms with Crippen molar-refractivity contribution in [1.29, 1.82) is 0 Å². The van der Waals surface area contributed by atoms with Crippen LogP contribution in [0.5, 0.6) is 0 Å². The molecule has 0 radical (unpaired) electrons. The van der Waals surface area contributed by atoms with Gasteiger partial charge in [-0.2, -0.15) is 0 Å². The summed E-state index contributed by atoms with van der Waals surface area (Å²) in [6, 6.07) is 11.3. The molecule has 2 amide bonds. The Morgan fingerprint density at radius 2 is 1.78 bits per heavy atom. The third-order valence-corrected chi connectivity index (χ3v) is 6.00. The Morgan fingerprint density at radius 3 is 2.41 bits per heavy atom. The van der Waals surface area contributed by atoms with E-state index in [1.54, 1.807) is 12.1 Å². The molecule has 3 rings (SSSR count). The summed E-state index contributed by atoms with van der Waals surface area (Å²) in [6.45, 7) is 8.78.